The predicted octanol–water partition coefficient (Wildman–Crippen LogP) is 1.64. The van der Waals surface area contributed by atoms with Crippen molar-refractivity contribution in [1.82, 2.24) is 0 Å². The normalized spacial score (nSPS) is 9.00. The van der Waals surface area contributed by atoms with Crippen molar-refractivity contribution < 1.29 is 14.3 Å². The molecule has 3 heteroatoms. The quantitative estimate of drug-likeness (QED) is 0.206. The van der Waals surface area contributed by atoms with Crippen LogP contribution in [0.5, 0.6) is 0 Å². The summed E-state index contributed by atoms with van der Waals surface area (Å²) in [5.74, 6) is -1.14. The van der Waals surface area contributed by atoms with E-state index < -0.39 is 11.8 Å². The SMILES string of the molecule is C=CC(=O)C(=C)C(=O)OCCCC. The molecule has 0 aliphatic carbocycles. The third kappa shape index (κ3) is 4.25. The Morgan fingerprint density at radius 2 is 2.08 bits per heavy atom. The Morgan fingerprint density at radius 3 is 2.54 bits per heavy atom. The van der Waals surface area contributed by atoms with Crippen LogP contribution in [0.25, 0.3) is 0 Å². The first kappa shape index (κ1) is 11.6. The number of carbonyl (C=O) groups is 2. The molecule has 0 bridgehead atoms. The minimum absolute atomic E-state index is 0.161. The van der Waals surface area contributed by atoms with E-state index >= 15 is 0 Å². The smallest absolute Gasteiger partial charge is 0.341 e. The Bertz CT molecular complexity index is 228. The summed E-state index contributed by atoms with van der Waals surface area (Å²) in [4.78, 5) is 21.9. The number of ether oxygens (including phenoxy) is 1. The van der Waals surface area contributed by atoms with Gasteiger partial charge in [0.25, 0.3) is 0 Å². The summed E-state index contributed by atoms with van der Waals surface area (Å²) in [5.41, 5.74) is -0.161. The van der Waals surface area contributed by atoms with Gasteiger partial charge in [0.2, 0.25) is 0 Å². The average molecular weight is 182 g/mol. The van der Waals surface area contributed by atoms with Crippen LogP contribution in [-0.4, -0.2) is 18.4 Å². The molecule has 0 aromatic rings. The molecule has 0 N–H and O–H groups in total. The van der Waals surface area contributed by atoms with Gasteiger partial charge in [-0.05, 0) is 12.5 Å². The zero-order chi connectivity index (χ0) is 10.3. The maximum Gasteiger partial charge on any atom is 0.341 e. The molecule has 3 nitrogen and oxygen atoms in total. The molecule has 0 spiro atoms. The molecule has 0 heterocycles. The molecule has 0 saturated heterocycles. The third-order valence-electron chi connectivity index (χ3n) is 1.46. The molecule has 0 aromatic carbocycles. The van der Waals surface area contributed by atoms with E-state index in [0.717, 1.165) is 18.9 Å². The number of allylic oxidation sites excluding steroid dienone is 1. The van der Waals surface area contributed by atoms with Gasteiger partial charge in [0, 0.05) is 0 Å². The summed E-state index contributed by atoms with van der Waals surface area (Å²) >= 11 is 0. The maximum atomic E-state index is 11.0. The van der Waals surface area contributed by atoms with Crippen LogP contribution < -0.4 is 0 Å². The van der Waals surface area contributed by atoms with Crippen molar-refractivity contribution >= 4 is 11.8 Å². The van der Waals surface area contributed by atoms with E-state index in [1.54, 1.807) is 0 Å². The number of unbranched alkanes of at least 4 members (excludes halogenated alkanes) is 1. The van der Waals surface area contributed by atoms with Crippen molar-refractivity contribution in [2.75, 3.05) is 6.61 Å². The molecule has 72 valence electrons. The topological polar surface area (TPSA) is 43.4 Å². The fourth-order valence-electron chi connectivity index (χ4n) is 0.620. The summed E-state index contributed by atoms with van der Waals surface area (Å²) in [7, 11) is 0. The van der Waals surface area contributed by atoms with E-state index in [4.69, 9.17) is 4.74 Å². The summed E-state index contributed by atoms with van der Waals surface area (Å²) in [5, 5.41) is 0. The second-order valence-electron chi connectivity index (χ2n) is 2.54. The molecular weight excluding hydrogens is 168 g/mol. The Hall–Kier alpha value is -1.38. The molecule has 0 unspecified atom stereocenters. The third-order valence-corrected chi connectivity index (χ3v) is 1.46. The lowest BCUT2D eigenvalue weighted by Crippen LogP contribution is -2.13. The molecule has 0 atom stereocenters. The molecule has 0 aliphatic rings. The van der Waals surface area contributed by atoms with Gasteiger partial charge in [-0.2, -0.15) is 0 Å². The molecule has 0 amide bonds. The molecule has 0 rings (SSSR count). The lowest BCUT2D eigenvalue weighted by atomic mass is 10.2. The standard InChI is InChI=1S/C10H14O3/c1-4-6-7-13-10(12)8(3)9(11)5-2/h5H,2-4,6-7H2,1H3. The van der Waals surface area contributed by atoms with E-state index in [1.807, 2.05) is 6.92 Å². The molecule has 0 saturated carbocycles. The Balaban J connectivity index is 3.90. The molecule has 0 aromatic heterocycles. The number of hydrogen-bond donors (Lipinski definition) is 0. The van der Waals surface area contributed by atoms with Gasteiger partial charge in [-0.15, -0.1) is 0 Å². The number of hydrogen-bond acceptors (Lipinski definition) is 3. The van der Waals surface area contributed by atoms with E-state index in [-0.39, 0.29) is 5.57 Å². The number of rotatable bonds is 6. The zero-order valence-electron chi connectivity index (χ0n) is 7.84. The first-order valence-electron chi connectivity index (χ1n) is 4.16. The second-order valence-corrected chi connectivity index (χ2v) is 2.54. The number of ketones is 1. The van der Waals surface area contributed by atoms with Gasteiger partial charge >= 0.3 is 5.97 Å². The van der Waals surface area contributed by atoms with Crippen LogP contribution in [-0.2, 0) is 14.3 Å². The molecule has 0 fully saturated rings. The van der Waals surface area contributed by atoms with Gasteiger partial charge < -0.3 is 4.74 Å². The zero-order valence-corrected chi connectivity index (χ0v) is 7.84. The monoisotopic (exact) mass is 182 g/mol. The van der Waals surface area contributed by atoms with E-state index in [2.05, 4.69) is 13.2 Å². The highest BCUT2D eigenvalue weighted by molar-refractivity contribution is 6.20. The first-order valence-corrected chi connectivity index (χ1v) is 4.16. The van der Waals surface area contributed by atoms with Gasteiger partial charge in [0.1, 0.15) is 0 Å². The van der Waals surface area contributed by atoms with Crippen molar-refractivity contribution in [3.8, 4) is 0 Å². The van der Waals surface area contributed by atoms with E-state index in [1.165, 1.54) is 0 Å². The fourth-order valence-corrected chi connectivity index (χ4v) is 0.620. The van der Waals surface area contributed by atoms with Crippen molar-refractivity contribution in [2.24, 2.45) is 0 Å². The van der Waals surface area contributed by atoms with Crippen LogP contribution in [0.4, 0.5) is 0 Å². The van der Waals surface area contributed by atoms with Crippen LogP contribution in [0.2, 0.25) is 0 Å². The maximum absolute atomic E-state index is 11.0. The summed E-state index contributed by atoms with van der Waals surface area (Å²) in [6.07, 6.45) is 2.78. The summed E-state index contributed by atoms with van der Waals surface area (Å²) in [6.45, 7) is 8.87. The van der Waals surface area contributed by atoms with Gasteiger partial charge in [0.05, 0.1) is 12.2 Å². The lowest BCUT2D eigenvalue weighted by molar-refractivity contribution is -0.140. The first-order chi connectivity index (χ1) is 6.13. The van der Waals surface area contributed by atoms with Crippen LogP contribution in [0, 0.1) is 0 Å². The van der Waals surface area contributed by atoms with Crippen molar-refractivity contribution in [2.45, 2.75) is 19.8 Å². The predicted molar refractivity (Wildman–Crippen MR) is 50.2 cm³/mol. The van der Waals surface area contributed by atoms with Crippen LogP contribution in [0.15, 0.2) is 24.8 Å². The second kappa shape index (κ2) is 6.17. The van der Waals surface area contributed by atoms with Crippen LogP contribution >= 0.6 is 0 Å². The van der Waals surface area contributed by atoms with Gasteiger partial charge in [-0.1, -0.05) is 26.5 Å². The van der Waals surface area contributed by atoms with E-state index in [9.17, 15) is 9.59 Å². The van der Waals surface area contributed by atoms with Crippen molar-refractivity contribution in [3.63, 3.8) is 0 Å². The molecule has 13 heavy (non-hydrogen) atoms. The number of esters is 1. The summed E-state index contributed by atoms with van der Waals surface area (Å²) in [6, 6.07) is 0. The number of carbonyl (C=O) groups excluding carboxylic acids is 2. The Morgan fingerprint density at radius 1 is 1.46 bits per heavy atom. The highest BCUT2D eigenvalue weighted by Crippen LogP contribution is 1.99. The fraction of sp³-hybridized carbons (Fsp3) is 0.400. The lowest BCUT2D eigenvalue weighted by Gasteiger charge is -2.03. The molecule has 0 radical (unpaired) electrons. The van der Waals surface area contributed by atoms with E-state index in [0.29, 0.717) is 6.61 Å². The minimum Gasteiger partial charge on any atom is -0.462 e. The van der Waals surface area contributed by atoms with Crippen LogP contribution in [0.1, 0.15) is 19.8 Å². The highest BCUT2D eigenvalue weighted by atomic mass is 16.5. The van der Waals surface area contributed by atoms with Crippen molar-refractivity contribution in [1.29, 1.82) is 0 Å². The van der Waals surface area contributed by atoms with Crippen molar-refractivity contribution in [3.05, 3.63) is 24.8 Å². The molecular formula is C10H14O3. The average Bonchev–Trinajstić information content (AvgIpc) is 2.15. The van der Waals surface area contributed by atoms with Gasteiger partial charge in [-0.3, -0.25) is 4.79 Å². The highest BCUT2D eigenvalue weighted by Gasteiger charge is 2.13. The summed E-state index contributed by atoms with van der Waals surface area (Å²) < 4.78 is 4.76. The van der Waals surface area contributed by atoms with Crippen LogP contribution in [0.3, 0.4) is 0 Å². The largest absolute Gasteiger partial charge is 0.462 e. The Labute approximate surface area is 78.1 Å². The van der Waals surface area contributed by atoms with Gasteiger partial charge in [0.15, 0.2) is 5.78 Å². The Kier molecular flexibility index (Phi) is 5.52. The minimum atomic E-state index is -0.654. The molecule has 0 aliphatic heterocycles. The van der Waals surface area contributed by atoms with Gasteiger partial charge in [-0.25, -0.2) is 4.79 Å².